The first-order valence-electron chi connectivity index (χ1n) is 19.0. The molecule has 0 bridgehead atoms. The summed E-state index contributed by atoms with van der Waals surface area (Å²) in [5.41, 5.74) is 11.2. The van der Waals surface area contributed by atoms with Gasteiger partial charge in [0.05, 0.1) is 0 Å². The largest absolute Gasteiger partial charge is 0.0371 e. The van der Waals surface area contributed by atoms with E-state index in [-0.39, 0.29) is 31.9 Å². The Balaban J connectivity index is 0.00000455. The van der Waals surface area contributed by atoms with Crippen LogP contribution in [0.4, 0.5) is 39.9 Å². The zero-order chi connectivity index (χ0) is 38.6. The third-order valence-electron chi connectivity index (χ3n) is 10.3. The molecule has 7 heteroatoms. The molecule has 0 unspecified atom stereocenters. The Morgan fingerprint density at radius 2 is 1.26 bits per heavy atom. The molecule has 0 aliphatic carbocycles. The van der Waals surface area contributed by atoms with Crippen molar-refractivity contribution in [2.75, 3.05) is 14.7 Å². The number of anilines is 7. The molecule has 0 spiro atoms. The van der Waals surface area contributed by atoms with E-state index in [2.05, 4.69) is 196 Å². The van der Waals surface area contributed by atoms with Crippen LogP contribution in [0.1, 0.15) is 52.7 Å². The summed E-state index contributed by atoms with van der Waals surface area (Å²) in [6.07, 6.45) is 1.92. The number of fused-ring (bicyclic) bond motifs is 3. The summed E-state index contributed by atoms with van der Waals surface area (Å²) in [4.78, 5) is 11.6. The van der Waals surface area contributed by atoms with Crippen LogP contribution in [0.5, 0.6) is 11.5 Å². The summed E-state index contributed by atoms with van der Waals surface area (Å²) < 4.78 is 9.30. The van der Waals surface area contributed by atoms with Gasteiger partial charge >= 0.3 is 246 Å². The minimum absolute atomic E-state index is 0. The molecule has 0 fully saturated rings. The number of nitrogens with zero attached hydrogens (tertiary/aromatic N) is 4. The number of aromatic nitrogens is 1. The fourth-order valence-corrected chi connectivity index (χ4v) is 10.1. The predicted molar refractivity (Wildman–Crippen MR) is 232 cm³/mol. The van der Waals surface area contributed by atoms with Gasteiger partial charge in [0, 0.05) is 21.1 Å². The SMILES string of the molecule is CC(C)(C)c1cc(-c2ccccc2)cc(N2[CH-]N(c3[c-]c(Oc4[c-]c5c(cc4)[Te]c4ccccc4N5c4cc(C(C)(C)C)ccn4)ccc3)c3ccccc32)c1.[Pt]. The van der Waals surface area contributed by atoms with Crippen LogP contribution >= 0.6 is 0 Å². The van der Waals surface area contributed by atoms with Gasteiger partial charge < -0.3 is 0 Å². The fraction of sp³-hybridized carbons (Fsp3) is 0.160. The van der Waals surface area contributed by atoms with Crippen molar-refractivity contribution >= 4 is 68.1 Å². The van der Waals surface area contributed by atoms with Crippen molar-refractivity contribution in [3.05, 3.63) is 176 Å². The molecule has 3 heterocycles. The van der Waals surface area contributed by atoms with E-state index in [1.54, 1.807) is 0 Å². The molecule has 9 rings (SSSR count). The maximum Gasteiger partial charge on any atom is 0 e. The molecule has 0 N–H and O–H groups in total. The Kier molecular flexibility index (Phi) is 10.6. The van der Waals surface area contributed by atoms with E-state index < -0.39 is 20.9 Å². The summed E-state index contributed by atoms with van der Waals surface area (Å²) >= 11 is -0.636. The van der Waals surface area contributed by atoms with Crippen molar-refractivity contribution in [1.82, 2.24) is 4.98 Å². The minimum atomic E-state index is -0.636. The molecular formula is C50H43N4OPtTe-3. The van der Waals surface area contributed by atoms with Crippen molar-refractivity contribution in [3.63, 3.8) is 0 Å². The van der Waals surface area contributed by atoms with Crippen LogP contribution in [0.15, 0.2) is 146 Å². The van der Waals surface area contributed by atoms with E-state index >= 15 is 0 Å². The molecular weight excluding hydrogens is 995 g/mol. The number of rotatable bonds is 6. The smallest absolute Gasteiger partial charge is 0 e. The van der Waals surface area contributed by atoms with Gasteiger partial charge in [-0.25, -0.2) is 0 Å². The molecule has 5 nitrogen and oxygen atoms in total. The quantitative estimate of drug-likeness (QED) is 0.122. The van der Waals surface area contributed by atoms with E-state index in [4.69, 9.17) is 9.72 Å². The summed E-state index contributed by atoms with van der Waals surface area (Å²) in [7, 11) is 0. The van der Waals surface area contributed by atoms with Crippen LogP contribution in [0.25, 0.3) is 11.1 Å². The van der Waals surface area contributed by atoms with Crippen molar-refractivity contribution in [1.29, 1.82) is 0 Å². The third kappa shape index (κ3) is 7.76. The second kappa shape index (κ2) is 15.5. The van der Waals surface area contributed by atoms with Gasteiger partial charge in [-0.2, -0.15) is 0 Å². The Morgan fingerprint density at radius 3 is 2.02 bits per heavy atom. The maximum atomic E-state index is 6.61. The monoisotopic (exact) mass is 1040 g/mol. The standard InChI is InChI=1S/C50H43N4OTe.Pt/c1-49(2,3)36-25-26-51-48(30-36)54-44-21-12-13-22-46(44)56-47-24-23-41(32-45(47)54)55-40-18-14-17-38(31-40)52-33-53(43-20-11-10-19-42(43)52)39-28-35(34-15-8-7-9-16-34)27-37(29-39)50(4,5)6;/h7-30,33H,1-6H3;/q-3;. The van der Waals surface area contributed by atoms with Gasteiger partial charge in [0.1, 0.15) is 0 Å². The van der Waals surface area contributed by atoms with E-state index in [0.717, 1.165) is 34.3 Å². The Morgan fingerprint density at radius 1 is 0.579 bits per heavy atom. The molecule has 2 aliphatic heterocycles. The van der Waals surface area contributed by atoms with Crippen molar-refractivity contribution in [2.45, 2.75) is 52.4 Å². The van der Waals surface area contributed by atoms with Crippen LogP contribution in [0.3, 0.4) is 0 Å². The maximum absolute atomic E-state index is 6.61. The van der Waals surface area contributed by atoms with Gasteiger partial charge in [-0.05, 0) is 34.2 Å². The summed E-state index contributed by atoms with van der Waals surface area (Å²) in [5, 5.41) is 0. The molecule has 0 amide bonds. The number of hydrogen-bond donors (Lipinski definition) is 0. The zero-order valence-corrected chi connectivity index (χ0v) is 37.5. The summed E-state index contributed by atoms with van der Waals surface area (Å²) in [5.74, 6) is 2.15. The van der Waals surface area contributed by atoms with Gasteiger partial charge in [-0.3, -0.25) is 0 Å². The number of ether oxygens (including phenoxy) is 1. The van der Waals surface area contributed by atoms with Crippen LogP contribution < -0.4 is 26.7 Å². The van der Waals surface area contributed by atoms with E-state index in [1.165, 1.54) is 35.2 Å². The first kappa shape index (κ1) is 39.0. The fourth-order valence-electron chi connectivity index (χ4n) is 7.21. The number of para-hydroxylation sites is 3. The molecule has 0 saturated carbocycles. The van der Waals surface area contributed by atoms with Gasteiger partial charge in [0.25, 0.3) is 0 Å². The average molecular weight is 1040 g/mol. The van der Waals surface area contributed by atoms with E-state index in [9.17, 15) is 0 Å². The zero-order valence-electron chi connectivity index (χ0n) is 32.9. The van der Waals surface area contributed by atoms with Gasteiger partial charge in [0.15, 0.2) is 0 Å². The van der Waals surface area contributed by atoms with E-state index in [0.29, 0.717) is 11.5 Å². The first-order valence-corrected chi connectivity index (χ1v) is 21.4. The molecule has 6 aromatic carbocycles. The first-order chi connectivity index (χ1) is 27.0. The molecule has 0 saturated heterocycles. The number of benzene rings is 6. The van der Waals surface area contributed by atoms with Gasteiger partial charge in [-0.1, -0.05) is 63.2 Å². The Labute approximate surface area is 361 Å². The molecule has 57 heavy (non-hydrogen) atoms. The van der Waals surface area contributed by atoms with Gasteiger partial charge in [-0.15, -0.1) is 0 Å². The van der Waals surface area contributed by atoms with Crippen LogP contribution in [0.2, 0.25) is 0 Å². The summed E-state index contributed by atoms with van der Waals surface area (Å²) in [6.45, 7) is 15.7. The molecule has 288 valence electrons. The molecule has 0 atom stereocenters. The van der Waals surface area contributed by atoms with E-state index in [1.807, 2.05) is 24.4 Å². The minimum Gasteiger partial charge on any atom is -0.0371 e. The Hall–Kier alpha value is -4.85. The molecule has 2 aliphatic rings. The van der Waals surface area contributed by atoms with Crippen LogP contribution in [-0.2, 0) is 31.9 Å². The second-order valence-corrected chi connectivity index (χ2v) is 19.4. The number of hydrogen-bond acceptors (Lipinski definition) is 5. The molecule has 0 radical (unpaired) electrons. The number of pyridine rings is 1. The van der Waals surface area contributed by atoms with Gasteiger partial charge in [0.2, 0.25) is 0 Å². The predicted octanol–water partition coefficient (Wildman–Crippen LogP) is 11.6. The van der Waals surface area contributed by atoms with Crippen LogP contribution in [-0.4, -0.2) is 25.9 Å². The van der Waals surface area contributed by atoms with Crippen molar-refractivity contribution in [2.24, 2.45) is 0 Å². The van der Waals surface area contributed by atoms with Crippen LogP contribution in [0, 0.1) is 18.8 Å². The molecule has 1 aromatic heterocycles. The van der Waals surface area contributed by atoms with Crippen molar-refractivity contribution < 1.29 is 25.8 Å². The third-order valence-corrected chi connectivity index (χ3v) is 13.5. The summed E-state index contributed by atoms with van der Waals surface area (Å²) in [6, 6.07) is 56.7. The Bertz CT molecular complexity index is 2580. The second-order valence-electron chi connectivity index (χ2n) is 16.3. The topological polar surface area (TPSA) is 31.8 Å². The normalized spacial score (nSPS) is 13.4. The molecule has 7 aromatic rings. The average Bonchev–Trinajstić information content (AvgIpc) is 3.60. The van der Waals surface area contributed by atoms with Crippen molar-refractivity contribution in [3.8, 4) is 22.6 Å².